The summed E-state index contributed by atoms with van der Waals surface area (Å²) in [7, 11) is -3.18. The predicted molar refractivity (Wildman–Crippen MR) is 93.9 cm³/mol. The third kappa shape index (κ3) is 3.62. The first kappa shape index (κ1) is 16.9. The van der Waals surface area contributed by atoms with E-state index in [1.807, 2.05) is 6.07 Å². The van der Waals surface area contributed by atoms with Gasteiger partial charge in [-0.1, -0.05) is 43.2 Å². The maximum Gasteiger partial charge on any atom is 0.211 e. The van der Waals surface area contributed by atoms with E-state index in [-0.39, 0.29) is 11.6 Å². The first-order valence-electron chi connectivity index (χ1n) is 8.67. The minimum absolute atomic E-state index is 0.256. The molecule has 2 aliphatic heterocycles. The largest absolute Gasteiger partial charge is 0.309 e. The molecule has 2 saturated heterocycles. The monoisotopic (exact) mass is 336 g/mol. The van der Waals surface area contributed by atoms with Gasteiger partial charge in [0.2, 0.25) is 10.0 Å². The zero-order valence-electron chi connectivity index (χ0n) is 14.2. The van der Waals surface area contributed by atoms with Crippen molar-refractivity contribution < 1.29 is 8.42 Å². The zero-order chi connectivity index (χ0) is 16.5. The summed E-state index contributed by atoms with van der Waals surface area (Å²) in [6.45, 7) is 2.80. The summed E-state index contributed by atoms with van der Waals surface area (Å²) in [6.07, 6.45) is 7.55. The summed E-state index contributed by atoms with van der Waals surface area (Å²) in [5.74, 6) is 0. The molecule has 0 aromatic heterocycles. The van der Waals surface area contributed by atoms with E-state index in [0.29, 0.717) is 12.6 Å². The van der Waals surface area contributed by atoms with Gasteiger partial charge >= 0.3 is 0 Å². The molecule has 3 rings (SSSR count). The Morgan fingerprint density at radius 1 is 1.22 bits per heavy atom. The van der Waals surface area contributed by atoms with E-state index in [9.17, 15) is 8.42 Å². The van der Waals surface area contributed by atoms with E-state index in [2.05, 4.69) is 36.5 Å². The van der Waals surface area contributed by atoms with Crippen molar-refractivity contribution in [1.29, 1.82) is 0 Å². The minimum atomic E-state index is -3.18. The molecule has 1 aromatic carbocycles. The second kappa shape index (κ2) is 6.54. The Balaban J connectivity index is 1.83. The predicted octanol–water partition coefficient (Wildman–Crippen LogP) is 2.55. The second-order valence-electron chi connectivity index (χ2n) is 7.35. The van der Waals surface area contributed by atoms with Gasteiger partial charge in [-0.25, -0.2) is 8.42 Å². The third-order valence-corrected chi connectivity index (χ3v) is 6.90. The van der Waals surface area contributed by atoms with Crippen LogP contribution in [0.5, 0.6) is 0 Å². The molecule has 2 heterocycles. The fraction of sp³-hybridized carbons (Fsp3) is 0.667. The fourth-order valence-electron chi connectivity index (χ4n) is 4.44. The van der Waals surface area contributed by atoms with Crippen LogP contribution in [0.1, 0.15) is 44.6 Å². The highest BCUT2D eigenvalue weighted by Crippen LogP contribution is 2.38. The highest BCUT2D eigenvalue weighted by molar-refractivity contribution is 7.88. The number of rotatable bonds is 3. The maximum absolute atomic E-state index is 12.4. The van der Waals surface area contributed by atoms with Gasteiger partial charge in [-0.15, -0.1) is 0 Å². The highest BCUT2D eigenvalue weighted by Gasteiger charge is 2.50. The number of fused-ring (bicyclic) bond motifs is 1. The van der Waals surface area contributed by atoms with Gasteiger partial charge in [0.15, 0.2) is 0 Å². The second-order valence-corrected chi connectivity index (χ2v) is 9.26. The highest BCUT2D eigenvalue weighted by atomic mass is 32.2. The molecule has 0 spiro atoms. The van der Waals surface area contributed by atoms with E-state index in [4.69, 9.17) is 0 Å². The molecule has 0 bridgehead atoms. The quantitative estimate of drug-likeness (QED) is 0.923. The van der Waals surface area contributed by atoms with Crippen LogP contribution >= 0.6 is 0 Å². The normalized spacial score (nSPS) is 33.0. The molecule has 128 valence electrons. The van der Waals surface area contributed by atoms with Crippen LogP contribution in [0.3, 0.4) is 0 Å². The molecule has 0 radical (unpaired) electrons. The molecule has 4 nitrogen and oxygen atoms in total. The molecule has 2 aliphatic rings. The number of nitrogens with one attached hydrogen (secondary N) is 1. The summed E-state index contributed by atoms with van der Waals surface area (Å²) < 4.78 is 26.5. The van der Waals surface area contributed by atoms with E-state index in [1.165, 1.54) is 18.2 Å². The van der Waals surface area contributed by atoms with Gasteiger partial charge < -0.3 is 5.32 Å². The number of sulfonamides is 1. The van der Waals surface area contributed by atoms with Gasteiger partial charge in [-0.3, -0.25) is 0 Å². The van der Waals surface area contributed by atoms with E-state index in [1.54, 1.807) is 4.31 Å². The van der Waals surface area contributed by atoms with Crippen LogP contribution in [0.25, 0.3) is 0 Å². The van der Waals surface area contributed by atoms with Gasteiger partial charge in [0, 0.05) is 24.2 Å². The van der Waals surface area contributed by atoms with Gasteiger partial charge in [-0.2, -0.15) is 4.31 Å². The molecule has 23 heavy (non-hydrogen) atoms. The summed E-state index contributed by atoms with van der Waals surface area (Å²) in [5, 5.41) is 3.75. The number of hydrogen-bond donors (Lipinski definition) is 1. The van der Waals surface area contributed by atoms with E-state index < -0.39 is 10.0 Å². The molecule has 2 fully saturated rings. The fourth-order valence-corrected chi connectivity index (χ4v) is 5.86. The van der Waals surface area contributed by atoms with Crippen molar-refractivity contribution in [2.45, 2.75) is 63.1 Å². The summed E-state index contributed by atoms with van der Waals surface area (Å²) >= 11 is 0. The number of nitrogens with zero attached hydrogens (tertiary/aromatic N) is 1. The molecule has 3 atom stereocenters. The standard InChI is InChI=1S/C18H28N2O2S/c1-18-14-16(13-15-9-5-3-6-10-15)19-17(18)11-7-4-8-12-20(18)23(2,21)22/h3,5-6,9-10,16-17,19H,4,7-8,11-14H2,1-2H3/t16-,17+,18+/m1/s1. The minimum Gasteiger partial charge on any atom is -0.309 e. The van der Waals surface area contributed by atoms with Crippen molar-refractivity contribution >= 4 is 10.0 Å². The Morgan fingerprint density at radius 2 is 1.96 bits per heavy atom. The maximum atomic E-state index is 12.4. The molecular weight excluding hydrogens is 308 g/mol. The molecule has 0 saturated carbocycles. The number of hydrogen-bond acceptors (Lipinski definition) is 3. The van der Waals surface area contributed by atoms with Crippen molar-refractivity contribution in [3.63, 3.8) is 0 Å². The van der Waals surface area contributed by atoms with Crippen molar-refractivity contribution in [3.05, 3.63) is 35.9 Å². The van der Waals surface area contributed by atoms with Gasteiger partial charge in [0.1, 0.15) is 0 Å². The third-order valence-electron chi connectivity index (χ3n) is 5.50. The lowest BCUT2D eigenvalue weighted by Crippen LogP contribution is -2.57. The Bertz CT molecular complexity index is 632. The lowest BCUT2D eigenvalue weighted by atomic mass is 9.86. The van der Waals surface area contributed by atoms with Crippen molar-refractivity contribution in [2.24, 2.45) is 0 Å². The Labute approximate surface area is 140 Å². The lowest BCUT2D eigenvalue weighted by molar-refractivity contribution is 0.161. The Hall–Kier alpha value is -0.910. The van der Waals surface area contributed by atoms with Crippen molar-refractivity contribution in [3.8, 4) is 0 Å². The van der Waals surface area contributed by atoms with Crippen LogP contribution < -0.4 is 5.32 Å². The first-order valence-corrected chi connectivity index (χ1v) is 10.5. The van der Waals surface area contributed by atoms with E-state index in [0.717, 1.165) is 32.1 Å². The van der Waals surface area contributed by atoms with Gasteiger partial charge in [0.25, 0.3) is 0 Å². The number of benzene rings is 1. The molecule has 0 amide bonds. The van der Waals surface area contributed by atoms with Crippen molar-refractivity contribution in [1.82, 2.24) is 9.62 Å². The SMILES string of the molecule is C[C@]12C[C@@H](Cc3ccccc3)N[C@H]1CCCCCN2S(C)(=O)=O. The zero-order valence-corrected chi connectivity index (χ0v) is 15.0. The van der Waals surface area contributed by atoms with Crippen LogP contribution in [-0.2, 0) is 16.4 Å². The van der Waals surface area contributed by atoms with Gasteiger partial charge in [0.05, 0.1) is 6.26 Å². The molecule has 0 aliphatic carbocycles. The first-order chi connectivity index (χ1) is 10.9. The van der Waals surface area contributed by atoms with Crippen LogP contribution in [0, 0.1) is 0 Å². The topological polar surface area (TPSA) is 49.4 Å². The van der Waals surface area contributed by atoms with Gasteiger partial charge in [-0.05, 0) is 38.2 Å². The average molecular weight is 337 g/mol. The molecule has 5 heteroatoms. The molecular formula is C18H28N2O2S. The van der Waals surface area contributed by atoms with Crippen LogP contribution in [-0.4, -0.2) is 43.1 Å². The lowest BCUT2D eigenvalue weighted by Gasteiger charge is -2.42. The van der Waals surface area contributed by atoms with Crippen molar-refractivity contribution in [2.75, 3.05) is 12.8 Å². The molecule has 1 N–H and O–H groups in total. The summed E-state index contributed by atoms with van der Waals surface area (Å²) in [5.41, 5.74) is 1.02. The molecule has 1 aromatic rings. The smallest absolute Gasteiger partial charge is 0.211 e. The summed E-state index contributed by atoms with van der Waals surface area (Å²) in [6, 6.07) is 11.1. The van der Waals surface area contributed by atoms with Crippen LogP contribution in [0.2, 0.25) is 0 Å². The molecule has 0 unspecified atom stereocenters. The summed E-state index contributed by atoms with van der Waals surface area (Å²) in [4.78, 5) is 0. The average Bonchev–Trinajstić information content (AvgIpc) is 2.76. The van der Waals surface area contributed by atoms with E-state index >= 15 is 0 Å². The Kier molecular flexibility index (Phi) is 4.81. The van der Waals surface area contributed by atoms with Crippen LogP contribution in [0.4, 0.5) is 0 Å². The Morgan fingerprint density at radius 3 is 2.65 bits per heavy atom. The van der Waals surface area contributed by atoms with Crippen LogP contribution in [0.15, 0.2) is 30.3 Å².